The van der Waals surface area contributed by atoms with Gasteiger partial charge in [0, 0.05) is 0 Å². The summed E-state index contributed by atoms with van der Waals surface area (Å²) < 4.78 is 0. The highest BCUT2D eigenvalue weighted by atomic mass is 35.5. The molecule has 11 heavy (non-hydrogen) atoms. The van der Waals surface area contributed by atoms with Crippen LogP contribution in [0.2, 0.25) is 0 Å². The normalized spacial score (nSPS) is 62.2. The van der Waals surface area contributed by atoms with E-state index in [1.54, 1.807) is 0 Å². The van der Waals surface area contributed by atoms with Crippen LogP contribution in [0.15, 0.2) is 0 Å². The third-order valence-corrected chi connectivity index (χ3v) is 5.42. The molecule has 64 valence electrons. The lowest BCUT2D eigenvalue weighted by atomic mass is 9.80. The Morgan fingerprint density at radius 1 is 1.00 bits per heavy atom. The van der Waals surface area contributed by atoms with E-state index >= 15 is 0 Å². The van der Waals surface area contributed by atoms with Gasteiger partial charge >= 0.3 is 0 Å². The Bertz CT molecular complexity index is 164. The Hall–Kier alpha value is 0.580. The fraction of sp³-hybridized carbons (Fsp3) is 1.00. The number of halogens is 2. The van der Waals surface area contributed by atoms with Gasteiger partial charge in [0.2, 0.25) is 0 Å². The van der Waals surface area contributed by atoms with E-state index in [1.807, 2.05) is 0 Å². The van der Waals surface area contributed by atoms with E-state index in [9.17, 15) is 0 Å². The molecule has 2 saturated carbocycles. The van der Waals surface area contributed by atoms with Crippen LogP contribution >= 0.6 is 23.2 Å². The SMILES string of the molecule is C[C@@]1(Cl)[C@H]2CC[C@@H](C2)[C@@]1(C)Cl. The first-order valence-electron chi connectivity index (χ1n) is 4.34. The standard InChI is InChI=1S/C9H14Cl2/c1-8(10)6-3-4-7(5-6)9(8,2)11/h6-7H,3-5H2,1-2H3/t6-,7-,8+,9+/m0/s1. The number of hydrogen-bond acceptors (Lipinski definition) is 0. The Morgan fingerprint density at radius 2 is 1.36 bits per heavy atom. The van der Waals surface area contributed by atoms with E-state index in [4.69, 9.17) is 23.2 Å². The smallest absolute Gasteiger partial charge is 0.0638 e. The second-order valence-electron chi connectivity index (χ2n) is 4.36. The zero-order valence-electron chi connectivity index (χ0n) is 7.03. The Morgan fingerprint density at radius 3 is 1.55 bits per heavy atom. The maximum Gasteiger partial charge on any atom is 0.0638 e. The lowest BCUT2D eigenvalue weighted by Crippen LogP contribution is -2.45. The maximum atomic E-state index is 6.42. The molecular weight excluding hydrogens is 179 g/mol. The first kappa shape index (κ1) is 8.19. The molecule has 0 N–H and O–H groups in total. The molecule has 0 nitrogen and oxygen atoms in total. The average Bonchev–Trinajstić information content (AvgIpc) is 2.37. The predicted octanol–water partition coefficient (Wildman–Crippen LogP) is 3.41. The average molecular weight is 193 g/mol. The van der Waals surface area contributed by atoms with Crippen molar-refractivity contribution in [3.63, 3.8) is 0 Å². The summed E-state index contributed by atoms with van der Waals surface area (Å²) in [6, 6.07) is 0. The molecule has 2 heteroatoms. The Kier molecular flexibility index (Phi) is 1.55. The van der Waals surface area contributed by atoms with Crippen LogP contribution in [0.4, 0.5) is 0 Å². The zero-order valence-corrected chi connectivity index (χ0v) is 8.54. The maximum absolute atomic E-state index is 6.42. The van der Waals surface area contributed by atoms with E-state index in [0.717, 1.165) is 0 Å². The second-order valence-corrected chi connectivity index (χ2v) is 5.93. The monoisotopic (exact) mass is 192 g/mol. The molecule has 0 aromatic heterocycles. The third kappa shape index (κ3) is 0.833. The summed E-state index contributed by atoms with van der Waals surface area (Å²) in [4.78, 5) is -0.311. The van der Waals surface area contributed by atoms with E-state index < -0.39 is 0 Å². The molecular formula is C9H14Cl2. The van der Waals surface area contributed by atoms with Gasteiger partial charge in [0.05, 0.1) is 9.75 Å². The van der Waals surface area contributed by atoms with Gasteiger partial charge < -0.3 is 0 Å². The summed E-state index contributed by atoms with van der Waals surface area (Å²) in [6.07, 6.45) is 3.82. The van der Waals surface area contributed by atoms with E-state index in [-0.39, 0.29) is 9.75 Å². The topological polar surface area (TPSA) is 0 Å². The van der Waals surface area contributed by atoms with Crippen molar-refractivity contribution in [2.45, 2.75) is 42.9 Å². The summed E-state index contributed by atoms with van der Waals surface area (Å²) in [5.41, 5.74) is 0. The highest BCUT2D eigenvalue weighted by Crippen LogP contribution is 2.62. The van der Waals surface area contributed by atoms with Crippen molar-refractivity contribution in [2.24, 2.45) is 11.8 Å². The molecule has 2 aliphatic rings. The van der Waals surface area contributed by atoms with E-state index in [0.29, 0.717) is 11.8 Å². The van der Waals surface area contributed by atoms with Crippen molar-refractivity contribution in [2.75, 3.05) is 0 Å². The van der Waals surface area contributed by atoms with Crippen LogP contribution in [0.3, 0.4) is 0 Å². The number of rotatable bonds is 0. The van der Waals surface area contributed by atoms with Gasteiger partial charge in [-0.2, -0.15) is 0 Å². The Labute approximate surface area is 78.3 Å². The van der Waals surface area contributed by atoms with Gasteiger partial charge in [-0.1, -0.05) is 0 Å². The van der Waals surface area contributed by atoms with Gasteiger partial charge in [0.1, 0.15) is 0 Å². The molecule has 2 aliphatic carbocycles. The molecule has 2 rings (SSSR count). The number of alkyl halides is 2. The summed E-state index contributed by atoms with van der Waals surface area (Å²) >= 11 is 12.8. The largest absolute Gasteiger partial charge is 0.117 e. The van der Waals surface area contributed by atoms with Gasteiger partial charge in [0.25, 0.3) is 0 Å². The molecule has 0 amide bonds. The molecule has 0 aliphatic heterocycles. The lowest BCUT2D eigenvalue weighted by Gasteiger charge is -2.40. The first-order chi connectivity index (χ1) is 4.96. The van der Waals surface area contributed by atoms with Crippen LogP contribution in [0.25, 0.3) is 0 Å². The van der Waals surface area contributed by atoms with Crippen molar-refractivity contribution < 1.29 is 0 Å². The molecule has 2 fully saturated rings. The Balaban J connectivity index is 2.36. The molecule has 0 aromatic rings. The molecule has 0 aromatic carbocycles. The fourth-order valence-corrected chi connectivity index (χ4v) is 3.47. The molecule has 2 bridgehead atoms. The van der Waals surface area contributed by atoms with Gasteiger partial charge in [-0.15, -0.1) is 23.2 Å². The minimum absolute atomic E-state index is 0.155. The summed E-state index contributed by atoms with van der Waals surface area (Å²) in [6.45, 7) is 4.21. The highest BCUT2D eigenvalue weighted by Gasteiger charge is 2.61. The fourth-order valence-electron chi connectivity index (χ4n) is 2.76. The van der Waals surface area contributed by atoms with Crippen molar-refractivity contribution in [1.82, 2.24) is 0 Å². The lowest BCUT2D eigenvalue weighted by molar-refractivity contribution is 0.314. The van der Waals surface area contributed by atoms with E-state index in [1.165, 1.54) is 19.3 Å². The van der Waals surface area contributed by atoms with Crippen LogP contribution < -0.4 is 0 Å². The molecule has 0 spiro atoms. The first-order valence-corrected chi connectivity index (χ1v) is 5.09. The number of fused-ring (bicyclic) bond motifs is 2. The van der Waals surface area contributed by atoms with Gasteiger partial charge in [0.15, 0.2) is 0 Å². The minimum atomic E-state index is -0.155. The van der Waals surface area contributed by atoms with Gasteiger partial charge in [-0.3, -0.25) is 0 Å². The van der Waals surface area contributed by atoms with Crippen LogP contribution in [-0.4, -0.2) is 9.75 Å². The predicted molar refractivity (Wildman–Crippen MR) is 49.3 cm³/mol. The minimum Gasteiger partial charge on any atom is -0.117 e. The van der Waals surface area contributed by atoms with Crippen molar-refractivity contribution in [3.8, 4) is 0 Å². The van der Waals surface area contributed by atoms with Gasteiger partial charge in [-0.25, -0.2) is 0 Å². The highest BCUT2D eigenvalue weighted by molar-refractivity contribution is 6.35. The second kappa shape index (κ2) is 2.09. The summed E-state index contributed by atoms with van der Waals surface area (Å²) in [7, 11) is 0. The molecule has 0 unspecified atom stereocenters. The molecule has 0 saturated heterocycles. The van der Waals surface area contributed by atoms with Crippen LogP contribution in [0.5, 0.6) is 0 Å². The van der Waals surface area contributed by atoms with Crippen LogP contribution in [0.1, 0.15) is 33.1 Å². The molecule has 4 atom stereocenters. The van der Waals surface area contributed by atoms with Crippen LogP contribution in [0, 0.1) is 11.8 Å². The number of hydrogen-bond donors (Lipinski definition) is 0. The van der Waals surface area contributed by atoms with Crippen molar-refractivity contribution in [3.05, 3.63) is 0 Å². The third-order valence-electron chi connectivity index (χ3n) is 3.92. The van der Waals surface area contributed by atoms with Crippen LogP contribution in [-0.2, 0) is 0 Å². The van der Waals surface area contributed by atoms with E-state index in [2.05, 4.69) is 13.8 Å². The summed E-state index contributed by atoms with van der Waals surface area (Å²) in [5.74, 6) is 1.33. The van der Waals surface area contributed by atoms with Crippen molar-refractivity contribution in [1.29, 1.82) is 0 Å². The summed E-state index contributed by atoms with van der Waals surface area (Å²) in [5, 5.41) is 0. The molecule has 0 heterocycles. The quantitative estimate of drug-likeness (QED) is 0.517. The van der Waals surface area contributed by atoms with Gasteiger partial charge in [-0.05, 0) is 44.9 Å². The molecule has 0 radical (unpaired) electrons. The zero-order chi connectivity index (χ0) is 8.28. The van der Waals surface area contributed by atoms with Crippen molar-refractivity contribution >= 4 is 23.2 Å².